The SMILES string of the molecule is CNC(C#N)(CN1CCS(=O)(=O)CC1)C1CC1. The van der Waals surface area contributed by atoms with Crippen LogP contribution in [0, 0.1) is 17.2 Å². The van der Waals surface area contributed by atoms with Crippen LogP contribution in [0.5, 0.6) is 0 Å². The van der Waals surface area contributed by atoms with Crippen LogP contribution in [-0.4, -0.2) is 57.0 Å². The van der Waals surface area contributed by atoms with Crippen molar-refractivity contribution in [1.82, 2.24) is 10.2 Å². The first-order valence-electron chi connectivity index (χ1n) is 6.04. The molecule has 1 aliphatic heterocycles. The standard InChI is InChI=1S/C11H19N3O2S/c1-13-11(8-12,10-2-3-10)9-14-4-6-17(15,16)7-5-14/h10,13H,2-7,9H2,1H3. The summed E-state index contributed by atoms with van der Waals surface area (Å²) in [6.45, 7) is 1.75. The van der Waals surface area contributed by atoms with E-state index in [4.69, 9.17) is 0 Å². The molecule has 2 aliphatic rings. The zero-order valence-corrected chi connectivity index (χ0v) is 11.0. The average Bonchev–Trinajstić information content (AvgIpc) is 3.13. The summed E-state index contributed by atoms with van der Waals surface area (Å²) >= 11 is 0. The van der Waals surface area contributed by atoms with E-state index in [-0.39, 0.29) is 11.5 Å². The highest BCUT2D eigenvalue weighted by Gasteiger charge is 2.46. The molecule has 1 N–H and O–H groups in total. The van der Waals surface area contributed by atoms with Crippen LogP contribution in [0.3, 0.4) is 0 Å². The van der Waals surface area contributed by atoms with Gasteiger partial charge in [-0.05, 0) is 25.8 Å². The predicted octanol–water partition coefficient (Wildman–Crippen LogP) is -0.391. The molecule has 5 nitrogen and oxygen atoms in total. The second-order valence-corrected chi connectivity index (χ2v) is 7.34. The van der Waals surface area contributed by atoms with Gasteiger partial charge >= 0.3 is 0 Å². The van der Waals surface area contributed by atoms with Gasteiger partial charge in [0, 0.05) is 19.6 Å². The van der Waals surface area contributed by atoms with Gasteiger partial charge < -0.3 is 5.32 Å². The van der Waals surface area contributed by atoms with Gasteiger partial charge in [-0.15, -0.1) is 0 Å². The summed E-state index contributed by atoms with van der Waals surface area (Å²) in [6, 6.07) is 2.39. The lowest BCUT2D eigenvalue weighted by Crippen LogP contribution is -2.55. The molecule has 1 atom stereocenters. The van der Waals surface area contributed by atoms with Crippen molar-refractivity contribution in [3.8, 4) is 6.07 Å². The van der Waals surface area contributed by atoms with Gasteiger partial charge in [-0.25, -0.2) is 8.42 Å². The van der Waals surface area contributed by atoms with E-state index < -0.39 is 15.4 Å². The first-order chi connectivity index (χ1) is 8.01. The Morgan fingerprint density at radius 3 is 2.41 bits per heavy atom. The molecule has 0 aromatic heterocycles. The third-order valence-corrected chi connectivity index (χ3v) is 5.44. The molecular formula is C11H19N3O2S. The van der Waals surface area contributed by atoms with E-state index in [0.717, 1.165) is 12.8 Å². The second kappa shape index (κ2) is 4.56. The summed E-state index contributed by atoms with van der Waals surface area (Å²) in [5.41, 5.74) is -0.485. The van der Waals surface area contributed by atoms with E-state index in [9.17, 15) is 13.7 Å². The number of hydrogen-bond donors (Lipinski definition) is 1. The van der Waals surface area contributed by atoms with Gasteiger partial charge in [0.2, 0.25) is 0 Å². The highest BCUT2D eigenvalue weighted by molar-refractivity contribution is 7.91. The Morgan fingerprint density at radius 2 is 2.00 bits per heavy atom. The van der Waals surface area contributed by atoms with Crippen molar-refractivity contribution in [2.45, 2.75) is 18.4 Å². The summed E-state index contributed by atoms with van der Waals surface area (Å²) in [6.07, 6.45) is 2.20. The van der Waals surface area contributed by atoms with Crippen molar-refractivity contribution in [2.24, 2.45) is 5.92 Å². The van der Waals surface area contributed by atoms with Crippen LogP contribution in [0.1, 0.15) is 12.8 Å². The fraction of sp³-hybridized carbons (Fsp3) is 0.909. The number of nitrogens with zero attached hydrogens (tertiary/aromatic N) is 2. The zero-order valence-electron chi connectivity index (χ0n) is 10.1. The third-order valence-electron chi connectivity index (χ3n) is 3.83. The lowest BCUT2D eigenvalue weighted by atomic mass is 9.94. The van der Waals surface area contributed by atoms with E-state index >= 15 is 0 Å². The normalized spacial score (nSPS) is 28.2. The van der Waals surface area contributed by atoms with E-state index in [1.54, 1.807) is 0 Å². The largest absolute Gasteiger partial charge is 0.301 e. The van der Waals surface area contributed by atoms with E-state index in [2.05, 4.69) is 16.3 Å². The van der Waals surface area contributed by atoms with Gasteiger partial charge in [0.15, 0.2) is 9.84 Å². The van der Waals surface area contributed by atoms with Crippen LogP contribution in [0.2, 0.25) is 0 Å². The fourth-order valence-corrected chi connectivity index (χ4v) is 3.71. The molecule has 1 unspecified atom stereocenters. The predicted molar refractivity (Wildman–Crippen MR) is 65.2 cm³/mol. The summed E-state index contributed by atoms with van der Waals surface area (Å²) in [5.74, 6) is 0.877. The quantitative estimate of drug-likeness (QED) is 0.742. The van der Waals surface area contributed by atoms with Gasteiger partial charge in [0.05, 0.1) is 17.6 Å². The Balaban J connectivity index is 1.98. The van der Waals surface area contributed by atoms with Crippen molar-refractivity contribution < 1.29 is 8.42 Å². The van der Waals surface area contributed by atoms with Crippen LogP contribution in [0.4, 0.5) is 0 Å². The van der Waals surface area contributed by atoms with Gasteiger partial charge in [-0.1, -0.05) is 0 Å². The van der Waals surface area contributed by atoms with Crippen molar-refractivity contribution in [2.75, 3.05) is 38.2 Å². The second-order valence-electron chi connectivity index (χ2n) is 5.04. The molecule has 6 heteroatoms. The lowest BCUT2D eigenvalue weighted by Gasteiger charge is -2.35. The van der Waals surface area contributed by atoms with E-state index in [1.807, 2.05) is 7.05 Å². The van der Waals surface area contributed by atoms with Crippen LogP contribution >= 0.6 is 0 Å². The smallest absolute Gasteiger partial charge is 0.152 e. The molecule has 1 saturated heterocycles. The molecule has 96 valence electrons. The molecule has 1 heterocycles. The van der Waals surface area contributed by atoms with Crippen LogP contribution in [0.15, 0.2) is 0 Å². The molecule has 0 radical (unpaired) electrons. The summed E-state index contributed by atoms with van der Waals surface area (Å²) in [4.78, 5) is 2.10. The molecule has 2 rings (SSSR count). The van der Waals surface area contributed by atoms with Crippen LogP contribution in [-0.2, 0) is 9.84 Å². The Kier molecular flexibility index (Phi) is 3.43. The molecule has 0 bridgehead atoms. The maximum absolute atomic E-state index is 11.3. The molecule has 17 heavy (non-hydrogen) atoms. The number of rotatable bonds is 4. The molecule has 1 aliphatic carbocycles. The maximum atomic E-state index is 11.3. The van der Waals surface area contributed by atoms with Gasteiger partial charge in [0.25, 0.3) is 0 Å². The summed E-state index contributed by atoms with van der Waals surface area (Å²) in [5, 5.41) is 12.5. The molecule has 0 amide bonds. The van der Waals surface area contributed by atoms with Crippen molar-refractivity contribution in [1.29, 1.82) is 5.26 Å². The highest BCUT2D eigenvalue weighted by Crippen LogP contribution is 2.39. The molecular weight excluding hydrogens is 238 g/mol. The van der Waals surface area contributed by atoms with Crippen molar-refractivity contribution in [3.63, 3.8) is 0 Å². The molecule has 0 aromatic rings. The third kappa shape index (κ3) is 2.79. The minimum atomic E-state index is -2.83. The van der Waals surface area contributed by atoms with E-state index in [0.29, 0.717) is 25.6 Å². The lowest BCUT2D eigenvalue weighted by molar-refractivity contribution is 0.215. The van der Waals surface area contributed by atoms with Crippen LogP contribution in [0.25, 0.3) is 0 Å². The van der Waals surface area contributed by atoms with Gasteiger partial charge in [-0.3, -0.25) is 4.90 Å². The number of nitrogens with one attached hydrogen (secondary N) is 1. The van der Waals surface area contributed by atoms with Crippen molar-refractivity contribution >= 4 is 9.84 Å². The number of hydrogen-bond acceptors (Lipinski definition) is 5. The van der Waals surface area contributed by atoms with Gasteiger partial charge in [-0.2, -0.15) is 5.26 Å². The van der Waals surface area contributed by atoms with E-state index in [1.165, 1.54) is 0 Å². The minimum Gasteiger partial charge on any atom is -0.301 e. The Labute approximate surface area is 103 Å². The van der Waals surface area contributed by atoms with Crippen LogP contribution < -0.4 is 5.32 Å². The average molecular weight is 257 g/mol. The van der Waals surface area contributed by atoms with Gasteiger partial charge in [0.1, 0.15) is 5.54 Å². The molecule has 0 aromatic carbocycles. The number of sulfone groups is 1. The Hall–Kier alpha value is -0.640. The number of likely N-dealkylation sites (N-methyl/N-ethyl adjacent to an activating group) is 1. The number of nitriles is 1. The summed E-state index contributed by atoms with van der Waals surface area (Å²) < 4.78 is 22.7. The molecule has 2 fully saturated rings. The zero-order chi connectivity index (χ0) is 12.5. The molecule has 1 saturated carbocycles. The Morgan fingerprint density at radius 1 is 1.41 bits per heavy atom. The topological polar surface area (TPSA) is 73.2 Å². The fourth-order valence-electron chi connectivity index (χ4n) is 2.43. The summed E-state index contributed by atoms with van der Waals surface area (Å²) in [7, 11) is -1.01. The minimum absolute atomic E-state index is 0.225. The monoisotopic (exact) mass is 257 g/mol. The maximum Gasteiger partial charge on any atom is 0.152 e. The first kappa shape index (κ1) is 12.8. The first-order valence-corrected chi connectivity index (χ1v) is 7.86. The molecule has 0 spiro atoms. The Bertz CT molecular complexity index is 410. The van der Waals surface area contributed by atoms with Crippen molar-refractivity contribution in [3.05, 3.63) is 0 Å². The highest BCUT2D eigenvalue weighted by atomic mass is 32.2.